The Morgan fingerprint density at radius 1 is 1.03 bits per heavy atom. The Kier molecular flexibility index (Phi) is 6.79. The number of hydrogen-bond donors (Lipinski definition) is 2. The van der Waals surface area contributed by atoms with E-state index in [1.165, 1.54) is 15.3 Å². The quantitative estimate of drug-likeness (QED) is 0.454. The molecule has 2 heterocycles. The van der Waals surface area contributed by atoms with E-state index in [0.717, 1.165) is 54.2 Å². The molecule has 1 aromatic heterocycles. The minimum atomic E-state index is -3.44. The standard InChI is InChI=1S/C25H29N3O2S3/c1-17-6-12-20(13-7-17)33(29,30)26-16-18-8-10-19(11-9-18)27-25-28-24-21-4-2-3-5-22(21)31-15-14-23(24)32-25/h2-7,12-13,18-19,26H,8-11,14-16H2,1H3,(H,27,28)/t18-,19-. The first-order chi connectivity index (χ1) is 16.0. The lowest BCUT2D eigenvalue weighted by molar-refractivity contribution is 0.337. The molecule has 0 spiro atoms. The number of fused-ring (bicyclic) bond motifs is 3. The third-order valence-electron chi connectivity index (χ3n) is 6.49. The number of thioether (sulfide) groups is 1. The van der Waals surface area contributed by atoms with Gasteiger partial charge in [0, 0.05) is 33.7 Å². The van der Waals surface area contributed by atoms with E-state index in [9.17, 15) is 8.42 Å². The fraction of sp³-hybridized carbons (Fsp3) is 0.400. The van der Waals surface area contributed by atoms with Gasteiger partial charge in [0.15, 0.2) is 5.13 Å². The second-order valence-electron chi connectivity index (χ2n) is 8.91. The van der Waals surface area contributed by atoms with Crippen LogP contribution in [0.25, 0.3) is 11.3 Å². The molecule has 0 radical (unpaired) electrons. The van der Waals surface area contributed by atoms with E-state index in [0.29, 0.717) is 23.4 Å². The summed E-state index contributed by atoms with van der Waals surface area (Å²) in [5.74, 6) is 1.47. The van der Waals surface area contributed by atoms with Gasteiger partial charge in [-0.3, -0.25) is 0 Å². The second kappa shape index (κ2) is 9.78. The predicted molar refractivity (Wildman–Crippen MR) is 138 cm³/mol. The van der Waals surface area contributed by atoms with Gasteiger partial charge < -0.3 is 5.32 Å². The number of aromatic nitrogens is 1. The van der Waals surface area contributed by atoms with Gasteiger partial charge >= 0.3 is 0 Å². The predicted octanol–water partition coefficient (Wildman–Crippen LogP) is 5.72. The SMILES string of the molecule is Cc1ccc(S(=O)(=O)NC[C@H]2CC[C@H](Nc3nc4c(s3)CCSc3ccccc3-4)CC2)cc1. The zero-order valence-corrected chi connectivity index (χ0v) is 21.2. The zero-order chi connectivity index (χ0) is 22.8. The summed E-state index contributed by atoms with van der Waals surface area (Å²) in [6, 6.07) is 16.0. The Hall–Kier alpha value is -1.87. The van der Waals surface area contributed by atoms with Crippen molar-refractivity contribution >= 4 is 38.3 Å². The molecule has 0 bridgehead atoms. The topological polar surface area (TPSA) is 71.1 Å². The second-order valence-corrected chi connectivity index (χ2v) is 12.9. The minimum absolute atomic E-state index is 0.340. The molecule has 0 atom stereocenters. The van der Waals surface area contributed by atoms with Crippen LogP contribution in [0.2, 0.25) is 0 Å². The Bertz CT molecular complexity index is 1210. The summed E-state index contributed by atoms with van der Waals surface area (Å²) in [4.78, 5) is 8.01. The average Bonchev–Trinajstić information content (AvgIpc) is 3.13. The highest BCUT2D eigenvalue weighted by Gasteiger charge is 2.25. The number of nitrogens with zero attached hydrogens (tertiary/aromatic N) is 1. The van der Waals surface area contributed by atoms with Crippen molar-refractivity contribution in [1.29, 1.82) is 0 Å². The molecule has 3 aromatic rings. The van der Waals surface area contributed by atoms with Crippen molar-refractivity contribution in [3.05, 3.63) is 59.0 Å². The third kappa shape index (κ3) is 5.29. The van der Waals surface area contributed by atoms with Crippen molar-refractivity contribution in [1.82, 2.24) is 9.71 Å². The Morgan fingerprint density at radius 2 is 1.79 bits per heavy atom. The number of nitrogens with one attached hydrogen (secondary N) is 2. The van der Waals surface area contributed by atoms with Gasteiger partial charge in [-0.1, -0.05) is 35.9 Å². The summed E-state index contributed by atoms with van der Waals surface area (Å²) < 4.78 is 28.0. The molecular weight excluding hydrogens is 470 g/mol. The first-order valence-corrected chi connectivity index (χ1v) is 14.8. The van der Waals surface area contributed by atoms with Crippen molar-refractivity contribution in [2.75, 3.05) is 17.6 Å². The summed E-state index contributed by atoms with van der Waals surface area (Å²) in [7, 11) is -3.44. The lowest BCUT2D eigenvalue weighted by Crippen LogP contribution is -2.34. The van der Waals surface area contributed by atoms with Crippen LogP contribution in [-0.4, -0.2) is 31.7 Å². The first-order valence-electron chi connectivity index (χ1n) is 11.5. The fourth-order valence-corrected chi connectivity index (χ4v) is 7.87. The number of sulfonamides is 1. The minimum Gasteiger partial charge on any atom is -0.359 e. The van der Waals surface area contributed by atoms with Gasteiger partial charge in [-0.15, -0.1) is 23.1 Å². The van der Waals surface area contributed by atoms with E-state index in [1.807, 2.05) is 30.8 Å². The van der Waals surface area contributed by atoms with Crippen molar-refractivity contribution in [2.45, 2.75) is 54.9 Å². The number of benzene rings is 2. The van der Waals surface area contributed by atoms with Crippen molar-refractivity contribution in [3.63, 3.8) is 0 Å². The molecule has 0 saturated heterocycles. The van der Waals surface area contributed by atoms with Crippen LogP contribution in [0.3, 0.4) is 0 Å². The van der Waals surface area contributed by atoms with Gasteiger partial charge in [-0.2, -0.15) is 0 Å². The number of hydrogen-bond acceptors (Lipinski definition) is 6. The molecule has 2 aliphatic rings. The van der Waals surface area contributed by atoms with Crippen molar-refractivity contribution in [3.8, 4) is 11.3 Å². The molecule has 1 aliphatic heterocycles. The Morgan fingerprint density at radius 3 is 2.58 bits per heavy atom. The number of thiazole rings is 1. The van der Waals surface area contributed by atoms with Gasteiger partial charge in [0.25, 0.3) is 0 Å². The molecule has 1 saturated carbocycles. The van der Waals surface area contributed by atoms with E-state index < -0.39 is 10.0 Å². The molecule has 33 heavy (non-hydrogen) atoms. The van der Waals surface area contributed by atoms with Gasteiger partial charge in [-0.05, 0) is 63.1 Å². The first kappa shape index (κ1) is 22.9. The van der Waals surface area contributed by atoms with E-state index >= 15 is 0 Å². The maximum absolute atomic E-state index is 12.6. The summed E-state index contributed by atoms with van der Waals surface area (Å²) >= 11 is 3.71. The molecule has 2 N–H and O–H groups in total. The molecule has 8 heteroatoms. The molecule has 5 rings (SSSR count). The molecule has 1 aliphatic carbocycles. The molecule has 1 fully saturated rings. The van der Waals surface area contributed by atoms with Gasteiger partial charge in [0.05, 0.1) is 10.6 Å². The van der Waals surface area contributed by atoms with Gasteiger partial charge in [-0.25, -0.2) is 18.1 Å². The molecule has 2 aromatic carbocycles. The maximum Gasteiger partial charge on any atom is 0.240 e. The lowest BCUT2D eigenvalue weighted by atomic mass is 9.86. The van der Waals surface area contributed by atoms with Crippen LogP contribution in [0.5, 0.6) is 0 Å². The largest absolute Gasteiger partial charge is 0.359 e. The number of rotatable bonds is 6. The average molecular weight is 500 g/mol. The molecule has 0 amide bonds. The number of aryl methyl sites for hydroxylation is 2. The zero-order valence-electron chi connectivity index (χ0n) is 18.7. The molecule has 5 nitrogen and oxygen atoms in total. The maximum atomic E-state index is 12.6. The van der Waals surface area contributed by atoms with Crippen LogP contribution in [0, 0.1) is 12.8 Å². The highest BCUT2D eigenvalue weighted by atomic mass is 32.2. The van der Waals surface area contributed by atoms with Crippen LogP contribution < -0.4 is 10.0 Å². The lowest BCUT2D eigenvalue weighted by Gasteiger charge is -2.29. The third-order valence-corrected chi connectivity index (χ3v) is 10.1. The fourth-order valence-electron chi connectivity index (χ4n) is 4.55. The van der Waals surface area contributed by atoms with Crippen LogP contribution in [0.15, 0.2) is 58.3 Å². The summed E-state index contributed by atoms with van der Waals surface area (Å²) in [5.41, 5.74) is 3.45. The Balaban J connectivity index is 1.16. The van der Waals surface area contributed by atoms with Crippen LogP contribution in [0.1, 0.15) is 36.1 Å². The molecule has 174 valence electrons. The van der Waals surface area contributed by atoms with Crippen LogP contribution in [0.4, 0.5) is 5.13 Å². The van der Waals surface area contributed by atoms with E-state index in [-0.39, 0.29) is 0 Å². The molecular formula is C25H29N3O2S3. The van der Waals surface area contributed by atoms with Crippen molar-refractivity contribution < 1.29 is 8.42 Å². The van der Waals surface area contributed by atoms with Crippen LogP contribution >= 0.6 is 23.1 Å². The Labute approximate surface area is 204 Å². The van der Waals surface area contributed by atoms with Gasteiger partial charge in [0.2, 0.25) is 10.0 Å². The normalized spacial score (nSPS) is 20.5. The summed E-state index contributed by atoms with van der Waals surface area (Å²) in [6.45, 7) is 2.46. The highest BCUT2D eigenvalue weighted by Crippen LogP contribution is 2.41. The van der Waals surface area contributed by atoms with Crippen LogP contribution in [-0.2, 0) is 16.4 Å². The summed E-state index contributed by atoms with van der Waals surface area (Å²) in [5, 5.41) is 4.69. The van der Waals surface area contributed by atoms with Crippen molar-refractivity contribution in [2.24, 2.45) is 5.92 Å². The monoisotopic (exact) mass is 499 g/mol. The van der Waals surface area contributed by atoms with Gasteiger partial charge in [0.1, 0.15) is 0 Å². The summed E-state index contributed by atoms with van der Waals surface area (Å²) in [6.07, 6.45) is 5.15. The van der Waals surface area contributed by atoms with E-state index in [1.54, 1.807) is 23.5 Å². The smallest absolute Gasteiger partial charge is 0.240 e. The van der Waals surface area contributed by atoms with E-state index in [4.69, 9.17) is 4.98 Å². The number of anilines is 1. The van der Waals surface area contributed by atoms with E-state index in [2.05, 4.69) is 34.3 Å². The highest BCUT2D eigenvalue weighted by molar-refractivity contribution is 7.99. The molecule has 0 unspecified atom stereocenters.